The largest absolute Gasteiger partial charge is 0.345 e. The molecule has 21 heavy (non-hydrogen) atoms. The zero-order chi connectivity index (χ0) is 15.7. The monoisotopic (exact) mass is 356 g/mol. The zero-order valence-electron chi connectivity index (χ0n) is 12.8. The number of nitrogens with zero attached hydrogens (tertiary/aromatic N) is 3. The summed E-state index contributed by atoms with van der Waals surface area (Å²) in [6.07, 6.45) is 0.659. The summed E-state index contributed by atoms with van der Waals surface area (Å²) >= 11 is 3.51. The predicted molar refractivity (Wildman–Crippen MR) is 82.4 cm³/mol. The molecule has 1 fully saturated rings. The molecule has 1 N–H and O–H groups in total. The Morgan fingerprint density at radius 3 is 2.62 bits per heavy atom. The highest BCUT2D eigenvalue weighted by Crippen LogP contribution is 2.24. The van der Waals surface area contributed by atoms with Gasteiger partial charge >= 0.3 is 0 Å². The second kappa shape index (κ2) is 6.17. The third-order valence-electron chi connectivity index (χ3n) is 3.69. The van der Waals surface area contributed by atoms with Crippen molar-refractivity contribution in [1.82, 2.24) is 20.0 Å². The zero-order valence-corrected chi connectivity index (χ0v) is 14.4. The van der Waals surface area contributed by atoms with E-state index < -0.39 is 6.04 Å². The van der Waals surface area contributed by atoms with Crippen molar-refractivity contribution >= 4 is 27.7 Å². The minimum absolute atomic E-state index is 0.0500. The Labute approximate surface area is 133 Å². The Morgan fingerprint density at radius 2 is 2.10 bits per heavy atom. The smallest absolute Gasteiger partial charge is 0.243 e. The molecule has 1 aliphatic rings. The molecule has 2 amide bonds. The molecule has 0 bridgehead atoms. The molecule has 6 nitrogen and oxygen atoms in total. The van der Waals surface area contributed by atoms with Crippen LogP contribution in [-0.4, -0.2) is 39.1 Å². The third-order valence-corrected chi connectivity index (χ3v) is 4.72. The fourth-order valence-electron chi connectivity index (χ4n) is 2.59. The molecule has 0 aromatic carbocycles. The molecule has 1 unspecified atom stereocenters. The summed E-state index contributed by atoms with van der Waals surface area (Å²) in [5.41, 5.74) is 1.78. The highest BCUT2D eigenvalue weighted by Gasteiger charge is 2.35. The van der Waals surface area contributed by atoms with Crippen molar-refractivity contribution in [2.75, 3.05) is 6.54 Å². The van der Waals surface area contributed by atoms with Crippen LogP contribution < -0.4 is 5.32 Å². The van der Waals surface area contributed by atoms with Gasteiger partial charge in [-0.05, 0) is 35.2 Å². The van der Waals surface area contributed by atoms with Crippen molar-refractivity contribution in [3.63, 3.8) is 0 Å². The van der Waals surface area contributed by atoms with Crippen LogP contribution in [-0.2, 0) is 23.2 Å². The lowest BCUT2D eigenvalue weighted by Gasteiger charge is -2.35. The van der Waals surface area contributed by atoms with Crippen molar-refractivity contribution < 1.29 is 9.59 Å². The number of halogens is 1. The summed E-state index contributed by atoms with van der Waals surface area (Å²) in [5.74, 6) is 0.218. The van der Waals surface area contributed by atoms with Gasteiger partial charge in [0.05, 0.1) is 29.0 Å². The van der Waals surface area contributed by atoms with Gasteiger partial charge in [-0.3, -0.25) is 14.3 Å². The van der Waals surface area contributed by atoms with Crippen LogP contribution in [0.3, 0.4) is 0 Å². The molecule has 0 spiro atoms. The molecule has 0 saturated carbocycles. The Kier molecular flexibility index (Phi) is 4.70. The number of aryl methyl sites for hydroxylation is 2. The maximum Gasteiger partial charge on any atom is 0.243 e. The lowest BCUT2D eigenvalue weighted by Crippen LogP contribution is -2.58. The fraction of sp³-hybridized carbons (Fsp3) is 0.643. The van der Waals surface area contributed by atoms with E-state index in [0.717, 1.165) is 15.9 Å². The van der Waals surface area contributed by atoms with Crippen LogP contribution in [0.1, 0.15) is 31.7 Å². The van der Waals surface area contributed by atoms with Gasteiger partial charge in [0.15, 0.2) is 0 Å². The number of piperazine rings is 1. The summed E-state index contributed by atoms with van der Waals surface area (Å²) < 4.78 is 2.65. The number of carbonyl (C=O) groups excluding carboxylic acids is 2. The molecule has 1 aliphatic heterocycles. The summed E-state index contributed by atoms with van der Waals surface area (Å²) in [7, 11) is 1.85. The van der Waals surface area contributed by atoms with E-state index in [1.165, 1.54) is 0 Å². The number of rotatable bonds is 4. The first-order valence-electron chi connectivity index (χ1n) is 7.06. The minimum Gasteiger partial charge on any atom is -0.345 e. The van der Waals surface area contributed by atoms with Crippen LogP contribution in [0, 0.1) is 12.8 Å². The van der Waals surface area contributed by atoms with Crippen molar-refractivity contribution in [3.05, 3.63) is 15.9 Å². The summed E-state index contributed by atoms with van der Waals surface area (Å²) in [5, 5.41) is 7.01. The molecular formula is C14H21BrN4O2. The number of aromatic nitrogens is 2. The highest BCUT2D eigenvalue weighted by atomic mass is 79.9. The minimum atomic E-state index is -0.409. The van der Waals surface area contributed by atoms with E-state index in [-0.39, 0.29) is 18.4 Å². The van der Waals surface area contributed by atoms with Gasteiger partial charge in [0.2, 0.25) is 11.8 Å². The highest BCUT2D eigenvalue weighted by molar-refractivity contribution is 9.10. The fourth-order valence-corrected chi connectivity index (χ4v) is 3.05. The van der Waals surface area contributed by atoms with Gasteiger partial charge in [0, 0.05) is 7.05 Å². The van der Waals surface area contributed by atoms with E-state index in [1.807, 2.05) is 14.0 Å². The summed E-state index contributed by atoms with van der Waals surface area (Å²) in [6.45, 7) is 6.47. The number of hydrogen-bond donors (Lipinski definition) is 1. The van der Waals surface area contributed by atoms with Crippen molar-refractivity contribution in [2.24, 2.45) is 13.0 Å². The molecule has 1 aromatic heterocycles. The van der Waals surface area contributed by atoms with E-state index in [1.54, 1.807) is 9.58 Å². The first kappa shape index (κ1) is 16.0. The Morgan fingerprint density at radius 1 is 1.43 bits per heavy atom. The first-order chi connectivity index (χ1) is 9.81. The summed E-state index contributed by atoms with van der Waals surface area (Å²) in [6, 6.07) is -0.409. The lowest BCUT2D eigenvalue weighted by molar-refractivity contribution is -0.147. The van der Waals surface area contributed by atoms with Crippen LogP contribution in [0.2, 0.25) is 0 Å². The van der Waals surface area contributed by atoms with E-state index in [0.29, 0.717) is 18.9 Å². The van der Waals surface area contributed by atoms with Crippen LogP contribution in [0.4, 0.5) is 0 Å². The van der Waals surface area contributed by atoms with Gasteiger partial charge in [-0.2, -0.15) is 5.10 Å². The molecule has 0 aliphatic carbocycles. The normalized spacial score (nSPS) is 19.3. The van der Waals surface area contributed by atoms with Gasteiger partial charge in [-0.25, -0.2) is 0 Å². The van der Waals surface area contributed by atoms with E-state index in [4.69, 9.17) is 0 Å². The molecule has 2 rings (SSSR count). The SMILES string of the molecule is Cc1nn(C)c(CN2C(=O)CNC(=O)C2CC(C)C)c1Br. The first-order valence-corrected chi connectivity index (χ1v) is 7.85. The number of nitrogens with one attached hydrogen (secondary N) is 1. The topological polar surface area (TPSA) is 67.2 Å². The average molecular weight is 357 g/mol. The quantitative estimate of drug-likeness (QED) is 0.885. The maximum atomic E-state index is 12.2. The second-order valence-electron chi connectivity index (χ2n) is 5.85. The van der Waals surface area contributed by atoms with Crippen LogP contribution in [0.25, 0.3) is 0 Å². The van der Waals surface area contributed by atoms with Crippen LogP contribution in [0.15, 0.2) is 4.47 Å². The van der Waals surface area contributed by atoms with Gasteiger partial charge < -0.3 is 10.2 Å². The van der Waals surface area contributed by atoms with Crippen LogP contribution in [0.5, 0.6) is 0 Å². The number of amides is 2. The van der Waals surface area contributed by atoms with Crippen molar-refractivity contribution in [1.29, 1.82) is 0 Å². The van der Waals surface area contributed by atoms with Crippen molar-refractivity contribution in [3.8, 4) is 0 Å². The van der Waals surface area contributed by atoms with Gasteiger partial charge in [-0.15, -0.1) is 0 Å². The maximum absolute atomic E-state index is 12.2. The van der Waals surface area contributed by atoms with Gasteiger partial charge in [0.25, 0.3) is 0 Å². The molecular weight excluding hydrogens is 336 g/mol. The predicted octanol–water partition coefficient (Wildman–Crippen LogP) is 1.36. The van der Waals surface area contributed by atoms with Gasteiger partial charge in [-0.1, -0.05) is 13.8 Å². The third kappa shape index (κ3) is 3.28. The second-order valence-corrected chi connectivity index (χ2v) is 6.65. The molecule has 1 saturated heterocycles. The van der Waals surface area contributed by atoms with E-state index in [9.17, 15) is 9.59 Å². The molecule has 0 radical (unpaired) electrons. The van der Waals surface area contributed by atoms with Crippen LogP contribution >= 0.6 is 15.9 Å². The Balaban J connectivity index is 2.28. The standard InChI is InChI=1S/C14H21BrN4O2/c1-8(2)5-10-14(21)16-6-12(20)19(10)7-11-13(15)9(3)17-18(11)4/h8,10H,5-7H2,1-4H3,(H,16,21). The Bertz CT molecular complexity index is 568. The lowest BCUT2D eigenvalue weighted by atomic mass is 9.99. The Hall–Kier alpha value is -1.37. The van der Waals surface area contributed by atoms with Crippen molar-refractivity contribution in [2.45, 2.75) is 39.8 Å². The molecule has 2 heterocycles. The summed E-state index contributed by atoms with van der Waals surface area (Å²) in [4.78, 5) is 26.0. The van der Waals surface area contributed by atoms with E-state index in [2.05, 4.69) is 40.2 Å². The average Bonchev–Trinajstić information content (AvgIpc) is 2.63. The van der Waals surface area contributed by atoms with E-state index >= 15 is 0 Å². The molecule has 116 valence electrons. The number of hydrogen-bond acceptors (Lipinski definition) is 3. The molecule has 1 atom stereocenters. The molecule has 7 heteroatoms. The molecule has 1 aromatic rings. The number of carbonyl (C=O) groups is 2. The van der Waals surface area contributed by atoms with Gasteiger partial charge in [0.1, 0.15) is 6.04 Å².